The molecule has 1 aliphatic heterocycles. The zero-order chi connectivity index (χ0) is 28.7. The summed E-state index contributed by atoms with van der Waals surface area (Å²) in [5, 5.41) is 3.44. The topological polar surface area (TPSA) is 63.2 Å². The summed E-state index contributed by atoms with van der Waals surface area (Å²) in [6.07, 6.45) is -7.71. The van der Waals surface area contributed by atoms with Crippen molar-refractivity contribution in [2.45, 2.75) is 45.0 Å². The number of anilines is 2. The smallest absolute Gasteiger partial charge is 0.373 e. The molecule has 1 N–H and O–H groups in total. The molecule has 0 unspecified atom stereocenters. The van der Waals surface area contributed by atoms with Gasteiger partial charge in [-0.25, -0.2) is 9.97 Å². The van der Waals surface area contributed by atoms with Gasteiger partial charge in [-0.3, -0.25) is 9.88 Å². The molecule has 210 valence electrons. The highest BCUT2D eigenvalue weighted by molar-refractivity contribution is 5.92. The lowest BCUT2D eigenvalue weighted by atomic mass is 10.0. The van der Waals surface area contributed by atoms with Crippen molar-refractivity contribution in [3.8, 4) is 11.3 Å². The normalized spacial score (nSPS) is 18.7. The van der Waals surface area contributed by atoms with Crippen LogP contribution in [0.1, 0.15) is 30.8 Å². The lowest BCUT2D eigenvalue weighted by Gasteiger charge is -2.34. The molecule has 0 radical (unpaired) electrons. The Morgan fingerprint density at radius 2 is 1.57 bits per heavy atom. The number of nitrogens with one attached hydrogen (secondary N) is 1. The molecule has 2 aromatic heterocycles. The number of hydrogen-bond donors (Lipinski definition) is 1. The van der Waals surface area contributed by atoms with Gasteiger partial charge in [-0.2, -0.15) is 26.3 Å². The van der Waals surface area contributed by atoms with E-state index in [0.29, 0.717) is 42.0 Å². The fourth-order valence-corrected chi connectivity index (χ4v) is 4.83. The summed E-state index contributed by atoms with van der Waals surface area (Å²) >= 11 is 0. The van der Waals surface area contributed by atoms with Crippen LogP contribution in [-0.4, -0.2) is 45.1 Å². The first kappa shape index (κ1) is 27.8. The first-order valence-electron chi connectivity index (χ1n) is 12.5. The summed E-state index contributed by atoms with van der Waals surface area (Å²) in [6, 6.07) is 11.1. The molecule has 40 heavy (non-hydrogen) atoms. The number of morpholine rings is 1. The third kappa shape index (κ3) is 6.18. The lowest BCUT2D eigenvalue weighted by molar-refractivity contribution is -0.138. The number of halogens is 6. The van der Waals surface area contributed by atoms with E-state index in [-0.39, 0.29) is 29.3 Å². The van der Waals surface area contributed by atoms with E-state index >= 15 is 0 Å². The Hall–Kier alpha value is -3.77. The number of aromatic nitrogens is 3. The van der Waals surface area contributed by atoms with Crippen LogP contribution in [0.25, 0.3) is 22.2 Å². The second-order valence-corrected chi connectivity index (χ2v) is 9.77. The third-order valence-corrected chi connectivity index (χ3v) is 6.47. The number of rotatable bonds is 5. The summed E-state index contributed by atoms with van der Waals surface area (Å²) in [7, 11) is 0. The van der Waals surface area contributed by atoms with Crippen molar-refractivity contribution in [1.29, 1.82) is 0 Å². The van der Waals surface area contributed by atoms with Crippen LogP contribution in [0.5, 0.6) is 0 Å². The first-order chi connectivity index (χ1) is 18.9. The van der Waals surface area contributed by atoms with E-state index in [2.05, 4.69) is 25.2 Å². The van der Waals surface area contributed by atoms with Gasteiger partial charge in [-0.1, -0.05) is 18.2 Å². The molecule has 0 saturated carbocycles. The molecule has 1 aliphatic rings. The second kappa shape index (κ2) is 10.7. The van der Waals surface area contributed by atoms with E-state index in [9.17, 15) is 26.3 Å². The van der Waals surface area contributed by atoms with Gasteiger partial charge in [-0.15, -0.1) is 0 Å². The molecule has 6 nitrogen and oxygen atoms in total. The number of hydrogen-bond acceptors (Lipinski definition) is 6. The van der Waals surface area contributed by atoms with Crippen LogP contribution >= 0.6 is 0 Å². The largest absolute Gasteiger partial charge is 0.417 e. The molecule has 1 saturated heterocycles. The van der Waals surface area contributed by atoms with Gasteiger partial charge in [0.2, 0.25) is 0 Å². The first-order valence-corrected chi connectivity index (χ1v) is 12.5. The Morgan fingerprint density at radius 1 is 0.900 bits per heavy atom. The number of fused-ring (bicyclic) bond motifs is 1. The van der Waals surface area contributed by atoms with E-state index in [1.165, 1.54) is 42.6 Å². The number of pyridine rings is 1. The molecule has 12 heteroatoms. The average molecular weight is 562 g/mol. The number of nitrogens with zero attached hydrogens (tertiary/aromatic N) is 4. The zero-order valence-corrected chi connectivity index (χ0v) is 21.5. The maximum Gasteiger partial charge on any atom is 0.417 e. The average Bonchev–Trinajstić information content (AvgIpc) is 2.87. The summed E-state index contributed by atoms with van der Waals surface area (Å²) in [4.78, 5) is 15.6. The van der Waals surface area contributed by atoms with Crippen LogP contribution in [0.4, 0.5) is 37.8 Å². The highest BCUT2D eigenvalue weighted by Crippen LogP contribution is 2.37. The Balaban J connectivity index is 1.57. The van der Waals surface area contributed by atoms with Gasteiger partial charge < -0.3 is 10.1 Å². The predicted molar refractivity (Wildman–Crippen MR) is 138 cm³/mol. The minimum atomic E-state index is -4.58. The SMILES string of the molecule is C[C@@H]1CN(Cc2nc(Nc3ccc(C(F)(F)F)cc3)c3cnc(-c4ccccc4C(F)(F)F)cc3n2)C[C@H](C)O1. The molecule has 3 heterocycles. The molecule has 0 amide bonds. The maximum atomic E-state index is 13.7. The van der Waals surface area contributed by atoms with Crippen LogP contribution in [0.2, 0.25) is 0 Å². The Morgan fingerprint density at radius 3 is 2.23 bits per heavy atom. The van der Waals surface area contributed by atoms with Gasteiger partial charge in [0.05, 0.1) is 46.5 Å². The highest BCUT2D eigenvalue weighted by atomic mass is 19.4. The van der Waals surface area contributed by atoms with Crippen molar-refractivity contribution in [3.63, 3.8) is 0 Å². The van der Waals surface area contributed by atoms with E-state index in [4.69, 9.17) is 4.74 Å². The van der Waals surface area contributed by atoms with Gasteiger partial charge in [0.15, 0.2) is 0 Å². The van der Waals surface area contributed by atoms with E-state index in [0.717, 1.165) is 18.2 Å². The van der Waals surface area contributed by atoms with Crippen LogP contribution in [0, 0.1) is 0 Å². The van der Waals surface area contributed by atoms with Crippen LogP contribution < -0.4 is 5.32 Å². The van der Waals surface area contributed by atoms with Crippen LogP contribution in [0.15, 0.2) is 60.8 Å². The minimum absolute atomic E-state index is 0.0105. The summed E-state index contributed by atoms with van der Waals surface area (Å²) in [5.41, 5.74) is -0.939. The van der Waals surface area contributed by atoms with E-state index in [1.54, 1.807) is 0 Å². The van der Waals surface area contributed by atoms with Gasteiger partial charge in [0, 0.05) is 30.5 Å². The number of ether oxygens (including phenoxy) is 1. The van der Waals surface area contributed by atoms with Crippen LogP contribution in [-0.2, 0) is 23.6 Å². The highest BCUT2D eigenvalue weighted by Gasteiger charge is 2.34. The van der Waals surface area contributed by atoms with Crippen molar-refractivity contribution in [2.24, 2.45) is 0 Å². The summed E-state index contributed by atoms with van der Waals surface area (Å²) < 4.78 is 86.0. The molecular formula is C28H25F6N5O. The Labute approximate surface area is 226 Å². The fourth-order valence-electron chi connectivity index (χ4n) is 4.83. The minimum Gasteiger partial charge on any atom is -0.373 e. The Bertz CT molecular complexity index is 1500. The molecule has 1 fully saturated rings. The van der Waals surface area contributed by atoms with Gasteiger partial charge in [-0.05, 0) is 50.2 Å². The quantitative estimate of drug-likeness (QED) is 0.263. The maximum absolute atomic E-state index is 13.7. The monoisotopic (exact) mass is 561 g/mol. The van der Waals surface area contributed by atoms with E-state index in [1.807, 2.05) is 13.8 Å². The van der Waals surface area contributed by atoms with Crippen LogP contribution in [0.3, 0.4) is 0 Å². The van der Waals surface area contributed by atoms with Crippen molar-refractivity contribution in [2.75, 3.05) is 18.4 Å². The number of alkyl halides is 6. The lowest BCUT2D eigenvalue weighted by Crippen LogP contribution is -2.45. The molecular weight excluding hydrogens is 536 g/mol. The van der Waals surface area contributed by atoms with Crippen molar-refractivity contribution in [1.82, 2.24) is 19.9 Å². The Kier molecular flexibility index (Phi) is 7.40. The molecule has 5 rings (SSSR count). The standard InChI is InChI=1S/C28H25F6N5O/c1-16-13-39(14-17(2)40-16)15-25-37-24-11-23(20-5-3-4-6-22(20)28(32,33)34)35-12-21(24)26(38-25)36-19-9-7-18(8-10-19)27(29,30)31/h3-12,16-17H,13-15H2,1-2H3,(H,36,37,38)/t16-,17+. The van der Waals surface area contributed by atoms with Crippen molar-refractivity contribution >= 4 is 22.4 Å². The van der Waals surface area contributed by atoms with Gasteiger partial charge >= 0.3 is 12.4 Å². The molecule has 0 spiro atoms. The zero-order valence-electron chi connectivity index (χ0n) is 21.5. The second-order valence-electron chi connectivity index (χ2n) is 9.77. The molecule has 2 aromatic carbocycles. The molecule has 2 atom stereocenters. The summed E-state index contributed by atoms with van der Waals surface area (Å²) in [5.74, 6) is 0.668. The molecule has 4 aromatic rings. The predicted octanol–water partition coefficient (Wildman–Crippen LogP) is 7.08. The summed E-state index contributed by atoms with van der Waals surface area (Å²) in [6.45, 7) is 5.52. The number of benzene rings is 2. The third-order valence-electron chi connectivity index (χ3n) is 6.47. The van der Waals surface area contributed by atoms with Crippen molar-refractivity contribution in [3.05, 3.63) is 77.7 Å². The van der Waals surface area contributed by atoms with Gasteiger partial charge in [0.1, 0.15) is 11.6 Å². The van der Waals surface area contributed by atoms with Crippen molar-refractivity contribution < 1.29 is 31.1 Å². The van der Waals surface area contributed by atoms with Gasteiger partial charge in [0.25, 0.3) is 0 Å². The molecule has 0 bridgehead atoms. The fraction of sp³-hybridized carbons (Fsp3) is 0.321. The molecule has 0 aliphatic carbocycles. The van der Waals surface area contributed by atoms with E-state index < -0.39 is 23.5 Å².